The summed E-state index contributed by atoms with van der Waals surface area (Å²) in [7, 11) is 0. The van der Waals surface area contributed by atoms with Crippen molar-refractivity contribution in [3.8, 4) is 23.1 Å². The van der Waals surface area contributed by atoms with Gasteiger partial charge in [0.05, 0.1) is 11.3 Å². The number of nitrogens with zero attached hydrogens (tertiary/aromatic N) is 3. The number of alkyl halides is 3. The Bertz CT molecular complexity index is 993. The lowest BCUT2D eigenvalue weighted by atomic mass is 9.99. The summed E-state index contributed by atoms with van der Waals surface area (Å²) in [5.41, 5.74) is -2.65. The first kappa shape index (κ1) is 18.7. The van der Waals surface area contributed by atoms with Crippen LogP contribution in [0.15, 0.2) is 40.2 Å². The Labute approximate surface area is 153 Å². The maximum absolute atomic E-state index is 13.4. The molecule has 0 amide bonds. The van der Waals surface area contributed by atoms with Crippen molar-refractivity contribution in [3.05, 3.63) is 51.8 Å². The number of hydrogen-bond acceptors (Lipinski definition) is 4. The number of aromatic hydroxyl groups is 1. The highest BCUT2D eigenvalue weighted by molar-refractivity contribution is 5.85. The molecule has 27 heavy (non-hydrogen) atoms. The first-order chi connectivity index (χ1) is 12.8. The number of phenolic OH excluding ortho intramolecular Hbond substituents is 1. The van der Waals surface area contributed by atoms with Crippen LogP contribution < -0.4 is 5.56 Å². The lowest BCUT2D eigenvalue weighted by Gasteiger charge is -2.17. The molecule has 1 aliphatic carbocycles. The maximum atomic E-state index is 13.4. The Morgan fingerprint density at radius 1 is 1.15 bits per heavy atom. The van der Waals surface area contributed by atoms with E-state index in [1.807, 2.05) is 0 Å². The van der Waals surface area contributed by atoms with Crippen molar-refractivity contribution >= 4 is 5.71 Å². The Morgan fingerprint density at radius 2 is 1.85 bits per heavy atom. The molecule has 5 nitrogen and oxygen atoms in total. The van der Waals surface area contributed by atoms with Crippen molar-refractivity contribution in [2.75, 3.05) is 0 Å². The lowest BCUT2D eigenvalue weighted by molar-refractivity contribution is -0.137. The summed E-state index contributed by atoms with van der Waals surface area (Å²) >= 11 is 0. The van der Waals surface area contributed by atoms with Crippen LogP contribution in [-0.2, 0) is 6.18 Å². The normalized spacial score (nSPS) is 14.7. The highest BCUT2D eigenvalue weighted by atomic mass is 19.4. The molecule has 0 aliphatic heterocycles. The quantitative estimate of drug-likeness (QED) is 0.851. The van der Waals surface area contributed by atoms with Crippen LogP contribution in [0.1, 0.15) is 43.2 Å². The molecule has 0 spiro atoms. The number of pyridine rings is 1. The molecule has 0 radical (unpaired) electrons. The molecule has 3 rings (SSSR count). The highest BCUT2D eigenvalue weighted by Crippen LogP contribution is 2.34. The molecule has 1 aliphatic rings. The first-order valence-corrected chi connectivity index (χ1v) is 8.44. The largest absolute Gasteiger partial charge is 0.508 e. The van der Waals surface area contributed by atoms with Crippen LogP contribution in [-0.4, -0.2) is 15.5 Å². The van der Waals surface area contributed by atoms with Gasteiger partial charge in [0, 0.05) is 11.3 Å². The third-order valence-electron chi connectivity index (χ3n) is 4.42. The molecule has 1 aromatic heterocycles. The van der Waals surface area contributed by atoms with Gasteiger partial charge in [0.1, 0.15) is 17.4 Å². The zero-order valence-electron chi connectivity index (χ0n) is 14.3. The zero-order valence-corrected chi connectivity index (χ0v) is 14.3. The van der Waals surface area contributed by atoms with Crippen molar-refractivity contribution in [1.29, 1.82) is 5.26 Å². The van der Waals surface area contributed by atoms with Gasteiger partial charge in [0.25, 0.3) is 5.56 Å². The highest BCUT2D eigenvalue weighted by Gasteiger charge is 2.36. The molecule has 1 saturated carbocycles. The Morgan fingerprint density at radius 3 is 2.44 bits per heavy atom. The van der Waals surface area contributed by atoms with E-state index < -0.39 is 22.9 Å². The topological polar surface area (TPSA) is 78.4 Å². The second kappa shape index (κ2) is 7.27. The summed E-state index contributed by atoms with van der Waals surface area (Å²) < 4.78 is 41.0. The summed E-state index contributed by atoms with van der Waals surface area (Å²) in [4.78, 5) is 12.7. The molecule has 0 atom stereocenters. The fourth-order valence-corrected chi connectivity index (χ4v) is 3.10. The van der Waals surface area contributed by atoms with E-state index in [1.165, 1.54) is 30.3 Å². The first-order valence-electron chi connectivity index (χ1n) is 8.44. The average molecular weight is 375 g/mol. The maximum Gasteiger partial charge on any atom is 0.417 e. The number of aromatic nitrogens is 1. The summed E-state index contributed by atoms with van der Waals surface area (Å²) in [5.74, 6) is -0.158. The lowest BCUT2D eigenvalue weighted by Crippen LogP contribution is -2.27. The van der Waals surface area contributed by atoms with E-state index in [0.29, 0.717) is 18.6 Å². The van der Waals surface area contributed by atoms with Crippen LogP contribution in [0.3, 0.4) is 0 Å². The van der Waals surface area contributed by atoms with E-state index in [9.17, 15) is 23.1 Å². The molecule has 0 saturated heterocycles. The molecule has 1 aromatic carbocycles. The number of rotatable bonds is 2. The Kier molecular flexibility index (Phi) is 5.04. The molecule has 0 unspecified atom stereocenters. The van der Waals surface area contributed by atoms with Crippen molar-refractivity contribution in [1.82, 2.24) is 4.68 Å². The van der Waals surface area contributed by atoms with Gasteiger partial charge >= 0.3 is 6.18 Å². The SMILES string of the molecule is N#Cc1c(C(F)(F)F)cc(-c2cccc(O)c2)n(N=C2CCCCC2)c1=O. The molecule has 1 N–H and O–H groups in total. The predicted octanol–water partition coefficient (Wildman–Crippen LogP) is 4.28. The van der Waals surface area contributed by atoms with Crippen LogP contribution in [0.4, 0.5) is 13.2 Å². The van der Waals surface area contributed by atoms with E-state index >= 15 is 0 Å². The Hall–Kier alpha value is -3.08. The van der Waals surface area contributed by atoms with Crippen LogP contribution in [0.25, 0.3) is 11.3 Å². The second-order valence-corrected chi connectivity index (χ2v) is 6.32. The molecule has 0 bridgehead atoms. The summed E-state index contributed by atoms with van der Waals surface area (Å²) in [5, 5.41) is 23.1. The third-order valence-corrected chi connectivity index (χ3v) is 4.42. The number of phenols is 1. The number of nitriles is 1. The summed E-state index contributed by atoms with van der Waals surface area (Å²) in [6.07, 6.45) is -0.762. The predicted molar refractivity (Wildman–Crippen MR) is 93.4 cm³/mol. The van der Waals surface area contributed by atoms with Crippen molar-refractivity contribution in [3.63, 3.8) is 0 Å². The Balaban J connectivity index is 2.33. The van der Waals surface area contributed by atoms with Crippen molar-refractivity contribution < 1.29 is 18.3 Å². The van der Waals surface area contributed by atoms with Gasteiger partial charge in [0.15, 0.2) is 0 Å². The minimum absolute atomic E-state index is 0.125. The molecular weight excluding hydrogens is 359 g/mol. The van der Waals surface area contributed by atoms with Gasteiger partial charge in [0.2, 0.25) is 0 Å². The van der Waals surface area contributed by atoms with Gasteiger partial charge < -0.3 is 5.11 Å². The molecule has 1 heterocycles. The van der Waals surface area contributed by atoms with E-state index in [-0.39, 0.29) is 17.0 Å². The van der Waals surface area contributed by atoms with Crippen LogP contribution in [0.5, 0.6) is 5.75 Å². The van der Waals surface area contributed by atoms with Gasteiger partial charge in [-0.3, -0.25) is 4.79 Å². The zero-order chi connectivity index (χ0) is 19.6. The molecule has 2 aromatic rings. The summed E-state index contributed by atoms with van der Waals surface area (Å²) in [6, 6.07) is 7.65. The van der Waals surface area contributed by atoms with E-state index in [2.05, 4.69) is 5.10 Å². The second-order valence-electron chi connectivity index (χ2n) is 6.32. The van der Waals surface area contributed by atoms with E-state index in [0.717, 1.165) is 30.0 Å². The van der Waals surface area contributed by atoms with E-state index in [4.69, 9.17) is 5.26 Å². The molecule has 1 fully saturated rings. The van der Waals surface area contributed by atoms with Crippen molar-refractivity contribution in [2.24, 2.45) is 5.10 Å². The van der Waals surface area contributed by atoms with Gasteiger partial charge in [-0.25, -0.2) is 0 Å². The molecule has 140 valence electrons. The van der Waals surface area contributed by atoms with Crippen LogP contribution in [0.2, 0.25) is 0 Å². The molecular formula is C19H16F3N3O2. The fraction of sp³-hybridized carbons (Fsp3) is 0.316. The van der Waals surface area contributed by atoms with Gasteiger partial charge in [-0.05, 0) is 43.9 Å². The van der Waals surface area contributed by atoms with Crippen molar-refractivity contribution in [2.45, 2.75) is 38.3 Å². The minimum Gasteiger partial charge on any atom is -0.508 e. The van der Waals surface area contributed by atoms with Gasteiger partial charge in [-0.1, -0.05) is 18.6 Å². The standard InChI is InChI=1S/C19H16F3N3O2/c20-19(21,22)16-10-17(12-5-4-8-14(26)9-12)25(18(27)15(16)11-23)24-13-6-2-1-3-7-13/h4-5,8-10,26H,1-3,6-7H2. The number of hydrogen-bond donors (Lipinski definition) is 1. The smallest absolute Gasteiger partial charge is 0.417 e. The van der Waals surface area contributed by atoms with Gasteiger partial charge in [-0.2, -0.15) is 28.2 Å². The number of halogens is 3. The fourth-order valence-electron chi connectivity index (χ4n) is 3.10. The summed E-state index contributed by atoms with van der Waals surface area (Å²) in [6.45, 7) is 0. The minimum atomic E-state index is -4.87. The van der Waals surface area contributed by atoms with E-state index in [1.54, 1.807) is 0 Å². The number of benzene rings is 1. The van der Waals surface area contributed by atoms with Crippen LogP contribution >= 0.6 is 0 Å². The monoisotopic (exact) mass is 375 g/mol. The van der Waals surface area contributed by atoms with Crippen LogP contribution in [0, 0.1) is 11.3 Å². The van der Waals surface area contributed by atoms with Gasteiger partial charge in [-0.15, -0.1) is 0 Å². The third kappa shape index (κ3) is 3.87. The molecule has 8 heteroatoms. The average Bonchev–Trinajstić information content (AvgIpc) is 2.63.